The van der Waals surface area contributed by atoms with Crippen LogP contribution in [0.2, 0.25) is 0 Å². The number of phenols is 1. The molecule has 11 heteroatoms. The molecular formula is C51H100O9P2. The first-order valence-corrected chi connectivity index (χ1v) is 28.6. The minimum Gasteiger partial charge on any atom is -0.507 e. The second-order valence-corrected chi connectivity index (χ2v) is 22.7. The third-order valence-electron chi connectivity index (χ3n) is 11.7. The number of phosphoric acid groups is 2. The predicted molar refractivity (Wildman–Crippen MR) is 263 cm³/mol. The van der Waals surface area contributed by atoms with Crippen molar-refractivity contribution in [3.05, 3.63) is 28.8 Å². The van der Waals surface area contributed by atoms with Gasteiger partial charge in [0.2, 0.25) is 0 Å². The van der Waals surface area contributed by atoms with Crippen molar-refractivity contribution in [2.75, 3.05) is 13.2 Å². The van der Waals surface area contributed by atoms with Crippen LogP contribution in [-0.2, 0) is 40.1 Å². The zero-order valence-electron chi connectivity index (χ0n) is 41.6. The van der Waals surface area contributed by atoms with E-state index in [0.717, 1.165) is 36.8 Å². The van der Waals surface area contributed by atoms with Crippen LogP contribution in [0.1, 0.15) is 278 Å². The van der Waals surface area contributed by atoms with Gasteiger partial charge < -0.3 is 19.8 Å². The van der Waals surface area contributed by atoms with Gasteiger partial charge in [-0.3, -0.25) is 13.6 Å². The van der Waals surface area contributed by atoms with E-state index in [-0.39, 0.29) is 23.2 Å². The largest absolute Gasteiger partial charge is 0.507 e. The minimum absolute atomic E-state index is 0.198. The molecule has 0 unspecified atom stereocenters. The van der Waals surface area contributed by atoms with Crippen LogP contribution in [0, 0.1) is 0 Å². The maximum Gasteiger partial charge on any atom is 0.472 e. The van der Waals surface area contributed by atoms with E-state index in [9.17, 15) is 19.1 Å². The fraction of sp³-hybridized carbons (Fsp3) is 0.882. The van der Waals surface area contributed by atoms with Crippen molar-refractivity contribution in [1.29, 1.82) is 0 Å². The molecule has 0 aliphatic heterocycles. The average Bonchev–Trinajstić information content (AvgIpc) is 3.19. The van der Waals surface area contributed by atoms with Gasteiger partial charge in [-0.1, -0.05) is 248 Å². The van der Waals surface area contributed by atoms with E-state index < -0.39 is 15.6 Å². The lowest BCUT2D eigenvalue weighted by molar-refractivity contribution is 0.145. The fourth-order valence-corrected chi connectivity index (χ4v) is 8.89. The molecule has 1 rings (SSSR count). The molecule has 368 valence electrons. The van der Waals surface area contributed by atoms with E-state index in [1.165, 1.54) is 180 Å². The molecule has 0 spiro atoms. The molecule has 0 amide bonds. The first kappa shape index (κ1) is 61.2. The highest BCUT2D eigenvalue weighted by molar-refractivity contribution is 7.47. The molecule has 0 aromatic heterocycles. The smallest absolute Gasteiger partial charge is 0.472 e. The Morgan fingerprint density at radius 3 is 0.887 bits per heavy atom. The maximum atomic E-state index is 12.0. The molecule has 9 nitrogen and oxygen atoms in total. The molecule has 0 aliphatic carbocycles. The Bertz CT molecular complexity index is 1210. The summed E-state index contributed by atoms with van der Waals surface area (Å²) in [6, 6.07) is 3.47. The lowest BCUT2D eigenvalue weighted by Gasteiger charge is -2.28. The fourth-order valence-electron chi connectivity index (χ4n) is 7.78. The molecule has 0 aliphatic rings. The molecule has 1 aromatic rings. The highest BCUT2D eigenvalue weighted by Gasteiger charge is 2.27. The molecule has 0 fully saturated rings. The number of benzene rings is 1. The third-order valence-corrected chi connectivity index (χ3v) is 13.2. The standard InChI is InChI=1S/C36H75O4P.C15H25O5P/c1-3-5-7-9-11-13-15-17-19-21-23-25-27-29-31-33-35-39-41(37,38)40-36-34-32-30-28-26-24-22-20-18-16-14-12-10-8-6-4-2;1-14(2,3)11-7-10(9-20-21(17,18)19)8-12(13(11)16)15(4,5)6/h3-36H2,1-2H3,(H,37,38);7-8,16H,9H2,1-6H3,(H2,17,18,19). The summed E-state index contributed by atoms with van der Waals surface area (Å²) in [6.07, 6.45) is 42.2. The van der Waals surface area contributed by atoms with Crippen molar-refractivity contribution in [2.45, 2.75) is 278 Å². The van der Waals surface area contributed by atoms with E-state index in [0.29, 0.717) is 18.8 Å². The highest BCUT2D eigenvalue weighted by atomic mass is 31.2. The van der Waals surface area contributed by atoms with Gasteiger partial charge in [-0.2, -0.15) is 0 Å². The Morgan fingerprint density at radius 2 is 0.661 bits per heavy atom. The summed E-state index contributed by atoms with van der Waals surface area (Å²) in [6.45, 7) is 16.9. The van der Waals surface area contributed by atoms with Crippen LogP contribution in [0.25, 0.3) is 0 Å². The number of phenolic OH excluding ortho intramolecular Hbond substituents is 1. The van der Waals surface area contributed by atoms with Crippen LogP contribution in [0.3, 0.4) is 0 Å². The second-order valence-electron chi connectivity index (χ2n) is 20.0. The monoisotopic (exact) mass is 919 g/mol. The first-order valence-electron chi connectivity index (χ1n) is 25.5. The van der Waals surface area contributed by atoms with Gasteiger partial charge in [0.05, 0.1) is 19.8 Å². The molecular weight excluding hydrogens is 818 g/mol. The maximum absolute atomic E-state index is 12.0. The van der Waals surface area contributed by atoms with E-state index in [1.54, 1.807) is 12.1 Å². The zero-order chi connectivity index (χ0) is 46.6. The summed E-state index contributed by atoms with van der Waals surface area (Å²) in [5.74, 6) is 0.231. The van der Waals surface area contributed by atoms with Crippen LogP contribution in [-0.4, -0.2) is 33.0 Å². The van der Waals surface area contributed by atoms with Crippen molar-refractivity contribution in [3.63, 3.8) is 0 Å². The second kappa shape index (κ2) is 37.3. The SMILES string of the molecule is CC(C)(C)c1cc(COP(=O)(O)O)cc(C(C)(C)C)c1O.CCCCCCCCCCCCCCCCCCOP(=O)(O)OCCCCCCCCCCCCCCCCCC. The van der Waals surface area contributed by atoms with Crippen molar-refractivity contribution >= 4 is 15.6 Å². The molecule has 0 radical (unpaired) electrons. The van der Waals surface area contributed by atoms with Gasteiger partial charge in [0.15, 0.2) is 0 Å². The summed E-state index contributed by atoms with van der Waals surface area (Å²) in [4.78, 5) is 27.5. The van der Waals surface area contributed by atoms with Crippen molar-refractivity contribution in [2.24, 2.45) is 0 Å². The number of phosphoric ester groups is 2. The molecule has 4 N–H and O–H groups in total. The van der Waals surface area contributed by atoms with Crippen LogP contribution in [0.5, 0.6) is 5.75 Å². The summed E-state index contributed by atoms with van der Waals surface area (Å²) in [5, 5.41) is 10.5. The first-order chi connectivity index (χ1) is 29.3. The van der Waals surface area contributed by atoms with Gasteiger partial charge in [-0.05, 0) is 52.5 Å². The average molecular weight is 919 g/mol. The van der Waals surface area contributed by atoms with Crippen LogP contribution >= 0.6 is 15.6 Å². The van der Waals surface area contributed by atoms with Gasteiger partial charge in [-0.25, -0.2) is 9.13 Å². The highest BCUT2D eigenvalue weighted by Crippen LogP contribution is 2.44. The zero-order valence-corrected chi connectivity index (χ0v) is 43.4. The Balaban J connectivity index is 0.00000147. The lowest BCUT2D eigenvalue weighted by Crippen LogP contribution is -2.18. The number of aromatic hydroxyl groups is 1. The van der Waals surface area contributed by atoms with E-state index in [2.05, 4.69) is 18.4 Å². The van der Waals surface area contributed by atoms with Gasteiger partial charge >= 0.3 is 15.6 Å². The summed E-state index contributed by atoms with van der Waals surface area (Å²) < 4.78 is 37.8. The predicted octanol–water partition coefficient (Wildman–Crippen LogP) is 17.2. The van der Waals surface area contributed by atoms with Crippen LogP contribution in [0.4, 0.5) is 0 Å². The van der Waals surface area contributed by atoms with Gasteiger partial charge in [-0.15, -0.1) is 0 Å². The molecule has 0 bridgehead atoms. The Kier molecular flexibility index (Phi) is 36.9. The molecule has 0 saturated carbocycles. The molecule has 0 heterocycles. The van der Waals surface area contributed by atoms with Gasteiger partial charge in [0.1, 0.15) is 5.75 Å². The number of hydrogen-bond donors (Lipinski definition) is 4. The summed E-state index contributed by atoms with van der Waals surface area (Å²) >= 11 is 0. The normalized spacial score (nSPS) is 12.5. The molecule has 0 atom stereocenters. The van der Waals surface area contributed by atoms with E-state index >= 15 is 0 Å². The molecule has 62 heavy (non-hydrogen) atoms. The number of hydrogen-bond acceptors (Lipinski definition) is 6. The van der Waals surface area contributed by atoms with Crippen LogP contribution < -0.4 is 0 Å². The van der Waals surface area contributed by atoms with E-state index in [1.807, 2.05) is 41.5 Å². The van der Waals surface area contributed by atoms with Crippen LogP contribution in [0.15, 0.2) is 12.1 Å². The topological polar surface area (TPSA) is 143 Å². The van der Waals surface area contributed by atoms with Crippen molar-refractivity contribution < 1.29 is 42.5 Å². The Labute approximate surface area is 382 Å². The van der Waals surface area contributed by atoms with Crippen molar-refractivity contribution in [1.82, 2.24) is 0 Å². The molecule has 0 saturated heterocycles. The Morgan fingerprint density at radius 1 is 0.419 bits per heavy atom. The van der Waals surface area contributed by atoms with E-state index in [4.69, 9.17) is 18.8 Å². The number of rotatable bonds is 39. The number of unbranched alkanes of at least 4 members (excludes halogenated alkanes) is 30. The minimum atomic E-state index is -4.52. The summed E-state index contributed by atoms with van der Waals surface area (Å²) in [7, 11) is -8.39. The van der Waals surface area contributed by atoms with Gasteiger partial charge in [0, 0.05) is 0 Å². The summed E-state index contributed by atoms with van der Waals surface area (Å²) in [5.41, 5.74) is 1.52. The van der Waals surface area contributed by atoms with Crippen molar-refractivity contribution in [3.8, 4) is 5.75 Å². The Hall–Kier alpha value is -0.760. The third kappa shape index (κ3) is 37.5. The van der Waals surface area contributed by atoms with Gasteiger partial charge in [0.25, 0.3) is 0 Å². The lowest BCUT2D eigenvalue weighted by atomic mass is 9.78. The quantitative estimate of drug-likeness (QED) is 0.0375. The molecule has 1 aromatic carbocycles.